The second kappa shape index (κ2) is 16.6. The summed E-state index contributed by atoms with van der Waals surface area (Å²) in [7, 11) is 0. The van der Waals surface area contributed by atoms with Crippen LogP contribution in [0.2, 0.25) is 0 Å². The molecule has 0 fully saturated rings. The van der Waals surface area contributed by atoms with Gasteiger partial charge >= 0.3 is 0 Å². The van der Waals surface area contributed by atoms with Crippen molar-refractivity contribution in [2.75, 3.05) is 9.80 Å². The normalized spacial score (nSPS) is 13.7. The van der Waals surface area contributed by atoms with Gasteiger partial charge in [0.05, 0.1) is 22.7 Å². The molecule has 76 heavy (non-hydrogen) atoms. The highest BCUT2D eigenvalue weighted by Crippen LogP contribution is 2.64. The van der Waals surface area contributed by atoms with E-state index in [0.29, 0.717) is 0 Å². The van der Waals surface area contributed by atoms with E-state index in [-0.39, 0.29) is 0 Å². The van der Waals surface area contributed by atoms with Crippen LogP contribution in [0.25, 0.3) is 88.4 Å². The summed E-state index contributed by atoms with van der Waals surface area (Å²) in [6.45, 7) is 9.80. The zero-order valence-corrected chi connectivity index (χ0v) is 42.8. The number of para-hydroxylation sites is 6. The standard InChI is InChI=1S/C72H52N2O2/c1-71(2)55-43-59(73(47-29-13-7-14-30-47)57-37-21-17-33-49(57)45-25-9-5-10-26-45)69-65(51-35-19-23-39-61(51)75-69)63(55)53-41-42-54-64-56(72(3,4)68(54)67(53)71)44-60(70-66(64)52-36-20-24-40-62(52)76-70)74(48-31-15-8-16-32-48)58-38-22-18-34-50(58)46-27-11-6-12-28-46/h5-44H,1-4H3. The van der Waals surface area contributed by atoms with Gasteiger partial charge in [-0.1, -0.05) is 210 Å². The molecular weight excluding hydrogens is 925 g/mol. The Morgan fingerprint density at radius 2 is 0.658 bits per heavy atom. The minimum atomic E-state index is -0.441. The lowest BCUT2D eigenvalue weighted by atomic mass is 9.72. The van der Waals surface area contributed by atoms with Crippen molar-refractivity contribution in [2.24, 2.45) is 0 Å². The first kappa shape index (κ1) is 44.1. The second-order valence-corrected chi connectivity index (χ2v) is 21.5. The van der Waals surface area contributed by atoms with Crippen molar-refractivity contribution in [3.05, 3.63) is 265 Å². The molecule has 0 bridgehead atoms. The maximum atomic E-state index is 7.21. The molecule has 0 saturated carbocycles. The van der Waals surface area contributed by atoms with Gasteiger partial charge < -0.3 is 18.6 Å². The third kappa shape index (κ3) is 6.31. The first-order valence-corrected chi connectivity index (χ1v) is 26.4. The van der Waals surface area contributed by atoms with Crippen molar-refractivity contribution < 1.29 is 8.83 Å². The van der Waals surface area contributed by atoms with Crippen LogP contribution in [-0.4, -0.2) is 0 Å². The molecule has 0 spiro atoms. The summed E-state index contributed by atoms with van der Waals surface area (Å²) in [5.41, 5.74) is 23.8. The van der Waals surface area contributed by atoms with Gasteiger partial charge in [-0.3, -0.25) is 0 Å². The highest BCUT2D eigenvalue weighted by atomic mass is 16.3. The molecule has 0 radical (unpaired) electrons. The van der Waals surface area contributed by atoms with Gasteiger partial charge in [-0.05, 0) is 116 Å². The summed E-state index contributed by atoms with van der Waals surface area (Å²) in [4.78, 5) is 4.85. The largest absolute Gasteiger partial charge is 0.454 e. The molecule has 2 aliphatic carbocycles. The molecular formula is C72H52N2O2. The number of fused-ring (bicyclic) bond motifs is 15. The van der Waals surface area contributed by atoms with Gasteiger partial charge in [-0.15, -0.1) is 0 Å². The fourth-order valence-corrected chi connectivity index (χ4v) is 13.3. The average molecular weight is 977 g/mol. The van der Waals surface area contributed by atoms with Crippen LogP contribution in [-0.2, 0) is 10.8 Å². The molecule has 2 aromatic heterocycles. The topological polar surface area (TPSA) is 32.8 Å². The number of hydrogen-bond acceptors (Lipinski definition) is 4. The van der Waals surface area contributed by atoms with Gasteiger partial charge in [-0.2, -0.15) is 0 Å². The summed E-state index contributed by atoms with van der Waals surface area (Å²) in [5, 5.41) is 4.50. The van der Waals surface area contributed by atoms with E-state index in [9.17, 15) is 0 Å². The third-order valence-electron chi connectivity index (χ3n) is 16.6. The Balaban J connectivity index is 1.00. The second-order valence-electron chi connectivity index (χ2n) is 21.5. The monoisotopic (exact) mass is 976 g/mol. The smallest absolute Gasteiger partial charge is 0.160 e. The van der Waals surface area contributed by atoms with Crippen LogP contribution in [0, 0.1) is 0 Å². The number of rotatable bonds is 8. The van der Waals surface area contributed by atoms with E-state index in [4.69, 9.17) is 8.83 Å². The quantitative estimate of drug-likeness (QED) is 0.152. The van der Waals surface area contributed by atoms with Crippen LogP contribution < -0.4 is 9.80 Å². The van der Waals surface area contributed by atoms with Gasteiger partial charge in [0.1, 0.15) is 11.2 Å². The Kier molecular flexibility index (Phi) is 9.62. The summed E-state index contributed by atoms with van der Waals surface area (Å²) in [6, 6.07) is 87.5. The van der Waals surface area contributed by atoms with E-state index in [2.05, 4.69) is 280 Å². The van der Waals surface area contributed by atoms with Crippen LogP contribution in [0.4, 0.5) is 34.1 Å². The number of benzene rings is 11. The predicted octanol–water partition coefficient (Wildman–Crippen LogP) is 20.4. The minimum absolute atomic E-state index is 0.441. The predicted molar refractivity (Wildman–Crippen MR) is 316 cm³/mol. The molecule has 0 N–H and O–H groups in total. The van der Waals surface area contributed by atoms with Crippen molar-refractivity contribution in [3.63, 3.8) is 0 Å². The van der Waals surface area contributed by atoms with Crippen molar-refractivity contribution in [1.82, 2.24) is 0 Å². The fraction of sp³-hybridized carbons (Fsp3) is 0.0833. The molecule has 2 aliphatic rings. The number of furan rings is 2. The maximum Gasteiger partial charge on any atom is 0.160 e. The lowest BCUT2D eigenvalue weighted by molar-refractivity contribution is 0.601. The third-order valence-corrected chi connectivity index (χ3v) is 16.6. The Hall–Kier alpha value is -9.38. The van der Waals surface area contributed by atoms with Crippen LogP contribution >= 0.6 is 0 Å². The van der Waals surface area contributed by atoms with E-state index in [1.165, 1.54) is 44.5 Å². The molecule has 13 aromatic rings. The van der Waals surface area contributed by atoms with E-state index in [1.807, 2.05) is 0 Å². The summed E-state index contributed by atoms with van der Waals surface area (Å²) in [5.74, 6) is 0. The van der Waals surface area contributed by atoms with E-state index in [0.717, 1.165) is 100 Å². The fourth-order valence-electron chi connectivity index (χ4n) is 13.3. The molecule has 0 amide bonds. The van der Waals surface area contributed by atoms with Gasteiger partial charge in [-0.25, -0.2) is 0 Å². The Labute approximate surface area is 442 Å². The maximum absolute atomic E-state index is 7.21. The zero-order chi connectivity index (χ0) is 50.9. The molecule has 11 aromatic carbocycles. The SMILES string of the molecule is CC1(C)c2cc(N(c3ccccc3)c3ccccc3-c3ccccc3)c3oc4ccccc4c3c2-c2ccc3c(c21)C(C)(C)c1cc(N(c2ccccc2)c2ccccc2-c2ccccc2)c2oc4ccccc4c2c1-3. The lowest BCUT2D eigenvalue weighted by Gasteiger charge is -2.32. The van der Waals surface area contributed by atoms with Crippen LogP contribution in [0.3, 0.4) is 0 Å². The lowest BCUT2D eigenvalue weighted by Crippen LogP contribution is -2.24. The highest BCUT2D eigenvalue weighted by molar-refractivity contribution is 6.22. The van der Waals surface area contributed by atoms with Crippen molar-refractivity contribution in [3.8, 4) is 44.5 Å². The van der Waals surface area contributed by atoms with Crippen molar-refractivity contribution in [2.45, 2.75) is 38.5 Å². The Morgan fingerprint density at radius 3 is 1.07 bits per heavy atom. The van der Waals surface area contributed by atoms with Gasteiger partial charge in [0.25, 0.3) is 0 Å². The zero-order valence-electron chi connectivity index (χ0n) is 42.8. The highest BCUT2D eigenvalue weighted by Gasteiger charge is 2.48. The minimum Gasteiger partial charge on any atom is -0.454 e. The first-order chi connectivity index (χ1) is 37.3. The molecule has 0 unspecified atom stereocenters. The number of anilines is 6. The summed E-state index contributed by atoms with van der Waals surface area (Å²) in [6.07, 6.45) is 0. The van der Waals surface area contributed by atoms with Gasteiger partial charge in [0, 0.05) is 54.9 Å². The number of hydrogen-bond donors (Lipinski definition) is 0. The van der Waals surface area contributed by atoms with E-state index in [1.54, 1.807) is 0 Å². The van der Waals surface area contributed by atoms with E-state index >= 15 is 0 Å². The van der Waals surface area contributed by atoms with Crippen molar-refractivity contribution in [1.29, 1.82) is 0 Å². The molecule has 15 rings (SSSR count). The van der Waals surface area contributed by atoms with Crippen LogP contribution in [0.1, 0.15) is 49.9 Å². The first-order valence-electron chi connectivity index (χ1n) is 26.4. The molecule has 0 saturated heterocycles. The molecule has 4 heteroatoms. The summed E-state index contributed by atoms with van der Waals surface area (Å²) < 4.78 is 14.4. The van der Waals surface area contributed by atoms with E-state index < -0.39 is 10.8 Å². The molecule has 4 nitrogen and oxygen atoms in total. The Morgan fingerprint density at radius 1 is 0.316 bits per heavy atom. The molecule has 2 heterocycles. The van der Waals surface area contributed by atoms with Crippen LogP contribution in [0.5, 0.6) is 0 Å². The molecule has 0 atom stereocenters. The summed E-state index contributed by atoms with van der Waals surface area (Å²) >= 11 is 0. The Bertz CT molecular complexity index is 4170. The molecule has 0 aliphatic heterocycles. The number of nitrogens with zero attached hydrogens (tertiary/aromatic N) is 2. The molecule has 362 valence electrons. The average Bonchev–Trinajstić information content (AvgIpc) is 4.24. The van der Waals surface area contributed by atoms with Gasteiger partial charge in [0.2, 0.25) is 0 Å². The van der Waals surface area contributed by atoms with Gasteiger partial charge in [0.15, 0.2) is 11.2 Å². The van der Waals surface area contributed by atoms with Crippen molar-refractivity contribution >= 4 is 78.0 Å². The van der Waals surface area contributed by atoms with Crippen LogP contribution in [0.15, 0.2) is 251 Å².